The first-order chi connectivity index (χ1) is 8.97. The lowest BCUT2D eigenvalue weighted by Crippen LogP contribution is -2.14. The van der Waals surface area contributed by atoms with Crippen LogP contribution in [0.4, 0.5) is 11.5 Å². The molecule has 0 fully saturated rings. The van der Waals surface area contributed by atoms with Crippen molar-refractivity contribution in [3.63, 3.8) is 0 Å². The average Bonchev–Trinajstić information content (AvgIpc) is 2.36. The number of nitrogens with zero attached hydrogens (tertiary/aromatic N) is 1. The molecule has 0 aliphatic carbocycles. The smallest absolute Gasteiger partial charge is 0.257 e. The highest BCUT2D eigenvalue weighted by atomic mass is 79.9. The number of benzene rings is 1. The lowest BCUT2D eigenvalue weighted by Gasteiger charge is -2.10. The van der Waals surface area contributed by atoms with Crippen LogP contribution in [0.3, 0.4) is 0 Å². The van der Waals surface area contributed by atoms with Gasteiger partial charge in [-0.15, -0.1) is 0 Å². The summed E-state index contributed by atoms with van der Waals surface area (Å²) in [6, 6.07) is 7.08. The summed E-state index contributed by atoms with van der Waals surface area (Å²) in [4.78, 5) is 16.0. The Labute approximate surface area is 124 Å². The monoisotopic (exact) mass is 339 g/mol. The van der Waals surface area contributed by atoms with Crippen LogP contribution in [0.5, 0.6) is 0 Å². The van der Waals surface area contributed by atoms with Gasteiger partial charge < -0.3 is 11.1 Å². The Bertz CT molecular complexity index is 646. The number of nitrogens with one attached hydrogen (secondary N) is 1. The molecule has 0 aliphatic heterocycles. The van der Waals surface area contributed by atoms with Crippen molar-refractivity contribution in [3.05, 3.63) is 51.1 Å². The van der Waals surface area contributed by atoms with Crippen LogP contribution in [0.15, 0.2) is 34.9 Å². The SMILES string of the molecule is Cc1ccc(Br)cc1NC(=O)c1cc(N)ncc1Cl. The molecule has 2 aromatic rings. The van der Waals surface area contributed by atoms with Crippen molar-refractivity contribution in [1.82, 2.24) is 4.98 Å². The number of hydrogen-bond donors (Lipinski definition) is 2. The van der Waals surface area contributed by atoms with Crippen molar-refractivity contribution in [2.75, 3.05) is 11.1 Å². The van der Waals surface area contributed by atoms with Crippen LogP contribution in [-0.4, -0.2) is 10.9 Å². The molecule has 4 nitrogen and oxygen atoms in total. The van der Waals surface area contributed by atoms with E-state index in [0.717, 1.165) is 10.0 Å². The number of pyridine rings is 1. The molecule has 1 heterocycles. The third-order valence-electron chi connectivity index (χ3n) is 2.57. The van der Waals surface area contributed by atoms with Crippen LogP contribution < -0.4 is 11.1 Å². The molecule has 0 saturated carbocycles. The highest BCUT2D eigenvalue weighted by Gasteiger charge is 2.12. The number of halogens is 2. The van der Waals surface area contributed by atoms with E-state index in [9.17, 15) is 4.79 Å². The minimum Gasteiger partial charge on any atom is -0.384 e. The number of nitrogen functional groups attached to an aromatic ring is 1. The first-order valence-corrected chi connectivity index (χ1v) is 6.63. The van der Waals surface area contributed by atoms with Crippen LogP contribution in [-0.2, 0) is 0 Å². The third kappa shape index (κ3) is 3.24. The summed E-state index contributed by atoms with van der Waals surface area (Å²) < 4.78 is 0.883. The number of aromatic nitrogens is 1. The predicted octanol–water partition coefficient (Wildman–Crippen LogP) is 3.64. The van der Waals surface area contributed by atoms with Crippen LogP contribution >= 0.6 is 27.5 Å². The second-order valence-corrected chi connectivity index (χ2v) is 5.33. The van der Waals surface area contributed by atoms with Crippen molar-refractivity contribution >= 4 is 44.9 Å². The normalized spacial score (nSPS) is 10.3. The van der Waals surface area contributed by atoms with Gasteiger partial charge in [0.2, 0.25) is 0 Å². The summed E-state index contributed by atoms with van der Waals surface area (Å²) in [6.45, 7) is 1.91. The molecule has 6 heteroatoms. The number of anilines is 2. The summed E-state index contributed by atoms with van der Waals surface area (Å²) in [5.41, 5.74) is 7.52. The molecule has 19 heavy (non-hydrogen) atoms. The quantitative estimate of drug-likeness (QED) is 0.877. The molecule has 3 N–H and O–H groups in total. The summed E-state index contributed by atoms with van der Waals surface area (Å²) in [7, 11) is 0. The predicted molar refractivity (Wildman–Crippen MR) is 80.5 cm³/mol. The van der Waals surface area contributed by atoms with Crippen molar-refractivity contribution in [1.29, 1.82) is 0 Å². The van der Waals surface area contributed by atoms with Gasteiger partial charge in [0.15, 0.2) is 0 Å². The van der Waals surface area contributed by atoms with E-state index in [-0.39, 0.29) is 16.7 Å². The number of nitrogens with two attached hydrogens (primary N) is 1. The maximum absolute atomic E-state index is 12.2. The molecular formula is C13H11BrClN3O. The fourth-order valence-electron chi connectivity index (χ4n) is 1.55. The Morgan fingerprint density at radius 1 is 1.42 bits per heavy atom. The third-order valence-corrected chi connectivity index (χ3v) is 3.36. The average molecular weight is 341 g/mol. The fraction of sp³-hybridized carbons (Fsp3) is 0.0769. The molecular weight excluding hydrogens is 330 g/mol. The van der Waals surface area contributed by atoms with Gasteiger partial charge in [-0.1, -0.05) is 33.6 Å². The van der Waals surface area contributed by atoms with Gasteiger partial charge in [0.1, 0.15) is 5.82 Å². The summed E-state index contributed by atoms with van der Waals surface area (Å²) in [5, 5.41) is 3.06. The molecule has 0 bridgehead atoms. The highest BCUT2D eigenvalue weighted by Crippen LogP contribution is 2.23. The Morgan fingerprint density at radius 3 is 2.89 bits per heavy atom. The van der Waals surface area contributed by atoms with Gasteiger partial charge in [-0.25, -0.2) is 4.98 Å². The molecule has 1 aromatic heterocycles. The number of rotatable bonds is 2. The van der Waals surface area contributed by atoms with Crippen molar-refractivity contribution < 1.29 is 4.79 Å². The van der Waals surface area contributed by atoms with Crippen molar-refractivity contribution in [3.8, 4) is 0 Å². The summed E-state index contributed by atoms with van der Waals surface area (Å²) in [5.74, 6) is -0.0687. The van der Waals surface area contributed by atoms with Crippen molar-refractivity contribution in [2.45, 2.75) is 6.92 Å². The Hall–Kier alpha value is -1.59. The summed E-state index contributed by atoms with van der Waals surface area (Å²) >= 11 is 9.30. The fourth-order valence-corrected chi connectivity index (χ4v) is 2.10. The number of carbonyl (C=O) groups excluding carboxylic acids is 1. The minimum atomic E-state index is -0.319. The molecule has 0 saturated heterocycles. The van der Waals surface area contributed by atoms with E-state index in [0.29, 0.717) is 11.3 Å². The van der Waals surface area contributed by atoms with Crippen LogP contribution in [0, 0.1) is 6.92 Å². The van der Waals surface area contributed by atoms with Gasteiger partial charge in [0.05, 0.1) is 10.6 Å². The number of hydrogen-bond acceptors (Lipinski definition) is 3. The van der Waals surface area contributed by atoms with E-state index >= 15 is 0 Å². The summed E-state index contributed by atoms with van der Waals surface area (Å²) in [6.07, 6.45) is 1.36. The van der Waals surface area contributed by atoms with E-state index in [1.54, 1.807) is 0 Å². The second-order valence-electron chi connectivity index (χ2n) is 4.00. The van der Waals surface area contributed by atoms with Gasteiger partial charge in [-0.2, -0.15) is 0 Å². The molecule has 0 unspecified atom stereocenters. The van der Waals surface area contributed by atoms with Crippen molar-refractivity contribution in [2.24, 2.45) is 0 Å². The van der Waals surface area contributed by atoms with Gasteiger partial charge >= 0.3 is 0 Å². The Balaban J connectivity index is 2.30. The maximum Gasteiger partial charge on any atom is 0.257 e. The van der Waals surface area contributed by atoms with Gasteiger partial charge in [0.25, 0.3) is 5.91 Å². The van der Waals surface area contributed by atoms with Gasteiger partial charge in [-0.05, 0) is 30.7 Å². The molecule has 0 aliphatic rings. The van der Waals surface area contributed by atoms with E-state index < -0.39 is 0 Å². The van der Waals surface area contributed by atoms with Crippen LogP contribution in [0.1, 0.15) is 15.9 Å². The second kappa shape index (κ2) is 5.59. The van der Waals surface area contributed by atoms with Crippen LogP contribution in [0.25, 0.3) is 0 Å². The van der Waals surface area contributed by atoms with Crippen LogP contribution in [0.2, 0.25) is 5.02 Å². The zero-order valence-electron chi connectivity index (χ0n) is 10.1. The van der Waals surface area contributed by atoms with E-state index in [4.69, 9.17) is 17.3 Å². The lowest BCUT2D eigenvalue weighted by molar-refractivity contribution is 0.102. The maximum atomic E-state index is 12.2. The first-order valence-electron chi connectivity index (χ1n) is 5.46. The Kier molecular flexibility index (Phi) is 4.07. The molecule has 0 atom stereocenters. The molecule has 0 radical (unpaired) electrons. The van der Waals surface area contributed by atoms with Gasteiger partial charge in [-0.3, -0.25) is 4.79 Å². The zero-order valence-corrected chi connectivity index (χ0v) is 12.4. The highest BCUT2D eigenvalue weighted by molar-refractivity contribution is 9.10. The molecule has 0 spiro atoms. The zero-order chi connectivity index (χ0) is 14.0. The first kappa shape index (κ1) is 13.8. The molecule has 1 amide bonds. The largest absolute Gasteiger partial charge is 0.384 e. The number of amides is 1. The van der Waals surface area contributed by atoms with E-state index in [1.807, 2.05) is 25.1 Å². The Morgan fingerprint density at radius 2 is 2.16 bits per heavy atom. The molecule has 98 valence electrons. The molecule has 1 aromatic carbocycles. The topological polar surface area (TPSA) is 68.0 Å². The van der Waals surface area contributed by atoms with E-state index in [1.165, 1.54) is 12.3 Å². The number of aryl methyl sites for hydroxylation is 1. The standard InChI is InChI=1S/C13H11BrClN3O/c1-7-2-3-8(14)4-11(7)18-13(19)9-5-12(16)17-6-10(9)15/h2-6H,1H3,(H2,16,17)(H,18,19). The van der Waals surface area contributed by atoms with E-state index in [2.05, 4.69) is 26.2 Å². The number of carbonyl (C=O) groups is 1. The molecule has 2 rings (SSSR count). The van der Waals surface area contributed by atoms with Gasteiger partial charge in [0, 0.05) is 16.4 Å². The minimum absolute atomic E-state index is 0.250. The lowest BCUT2D eigenvalue weighted by atomic mass is 10.2.